The van der Waals surface area contributed by atoms with E-state index in [9.17, 15) is 13.8 Å². The molecule has 110 valence electrons. The monoisotopic (exact) mass is 362 g/mol. The van der Waals surface area contributed by atoms with Gasteiger partial charge in [0.25, 0.3) is 0 Å². The first-order valence-electron chi connectivity index (χ1n) is 5.86. The largest absolute Gasteiger partial charge is 0.478 e. The first-order valence-corrected chi connectivity index (χ1v) is 8.14. The summed E-state index contributed by atoms with van der Waals surface area (Å²) in [5.41, 5.74) is 0.439. The summed E-state index contributed by atoms with van der Waals surface area (Å²) in [6.07, 6.45) is 0. The van der Waals surface area contributed by atoms with E-state index in [1.54, 1.807) is 6.07 Å². The van der Waals surface area contributed by atoms with E-state index >= 15 is 0 Å². The quantitative estimate of drug-likeness (QED) is 0.721. The second-order valence-corrected chi connectivity index (χ2v) is 6.53. The van der Waals surface area contributed by atoms with E-state index < -0.39 is 22.8 Å². The maximum Gasteiger partial charge on any atom is 0.335 e. The Bertz CT molecular complexity index is 536. The molecule has 0 aliphatic heterocycles. The molecule has 0 bridgehead atoms. The van der Waals surface area contributed by atoms with Gasteiger partial charge in [0.15, 0.2) is 0 Å². The molecule has 1 aromatic rings. The maximum atomic E-state index is 11.6. The predicted octanol–water partition coefficient (Wildman–Crippen LogP) is 2.04. The molecule has 8 heteroatoms. The molecular weight excluding hydrogens is 348 g/mol. The van der Waals surface area contributed by atoms with Gasteiger partial charge in [0.05, 0.1) is 11.3 Å². The SMILES string of the molecule is CCS(=O)CCNC(=O)Nc1cc(C(=O)O)ccc1Br. The van der Waals surface area contributed by atoms with Crippen molar-refractivity contribution in [2.75, 3.05) is 23.4 Å². The molecule has 0 aliphatic rings. The fourth-order valence-electron chi connectivity index (χ4n) is 1.34. The molecule has 3 N–H and O–H groups in total. The van der Waals surface area contributed by atoms with E-state index in [1.165, 1.54) is 12.1 Å². The van der Waals surface area contributed by atoms with E-state index in [-0.39, 0.29) is 5.56 Å². The van der Waals surface area contributed by atoms with E-state index in [1.807, 2.05) is 6.92 Å². The zero-order chi connectivity index (χ0) is 15.1. The van der Waals surface area contributed by atoms with E-state index in [0.717, 1.165) is 0 Å². The number of carboxylic acid groups (broad SMARTS) is 1. The third kappa shape index (κ3) is 5.30. The van der Waals surface area contributed by atoms with Gasteiger partial charge in [0.1, 0.15) is 0 Å². The van der Waals surface area contributed by atoms with Crippen LogP contribution in [0.15, 0.2) is 22.7 Å². The third-order valence-electron chi connectivity index (χ3n) is 2.40. The van der Waals surface area contributed by atoms with Crippen molar-refractivity contribution in [1.29, 1.82) is 0 Å². The van der Waals surface area contributed by atoms with E-state index in [4.69, 9.17) is 5.11 Å². The van der Waals surface area contributed by atoms with Crippen LogP contribution in [0.25, 0.3) is 0 Å². The summed E-state index contributed by atoms with van der Waals surface area (Å²) in [6, 6.07) is 3.86. The van der Waals surface area contributed by atoms with Gasteiger partial charge in [-0.2, -0.15) is 0 Å². The second kappa shape index (κ2) is 8.01. The predicted molar refractivity (Wildman–Crippen MR) is 81.7 cm³/mol. The van der Waals surface area contributed by atoms with Gasteiger partial charge in [-0.25, -0.2) is 9.59 Å². The highest BCUT2D eigenvalue weighted by Crippen LogP contribution is 2.23. The molecule has 1 rings (SSSR count). The van der Waals surface area contributed by atoms with Crippen LogP contribution < -0.4 is 10.6 Å². The molecule has 2 amide bonds. The van der Waals surface area contributed by atoms with Crippen molar-refractivity contribution in [1.82, 2.24) is 5.32 Å². The van der Waals surface area contributed by atoms with Crippen molar-refractivity contribution in [2.24, 2.45) is 0 Å². The molecule has 1 atom stereocenters. The van der Waals surface area contributed by atoms with Crippen LogP contribution in [0.4, 0.5) is 10.5 Å². The van der Waals surface area contributed by atoms with Gasteiger partial charge in [0, 0.05) is 33.3 Å². The molecule has 6 nitrogen and oxygen atoms in total. The van der Waals surface area contributed by atoms with Crippen LogP contribution in [0.1, 0.15) is 17.3 Å². The summed E-state index contributed by atoms with van der Waals surface area (Å²) in [4.78, 5) is 22.5. The van der Waals surface area contributed by atoms with Crippen LogP contribution >= 0.6 is 15.9 Å². The van der Waals surface area contributed by atoms with Crippen molar-refractivity contribution in [3.63, 3.8) is 0 Å². The number of urea groups is 1. The highest BCUT2D eigenvalue weighted by atomic mass is 79.9. The first kappa shape index (κ1) is 16.6. The van der Waals surface area contributed by atoms with Crippen LogP contribution in [0.2, 0.25) is 0 Å². The Labute approximate surface area is 127 Å². The first-order chi connectivity index (χ1) is 9.43. The normalized spacial score (nSPS) is 11.7. The summed E-state index contributed by atoms with van der Waals surface area (Å²) in [5, 5.41) is 14.0. The number of halogens is 1. The van der Waals surface area contributed by atoms with Crippen molar-refractivity contribution in [2.45, 2.75) is 6.92 Å². The van der Waals surface area contributed by atoms with Gasteiger partial charge < -0.3 is 15.7 Å². The van der Waals surface area contributed by atoms with Crippen LogP contribution in [-0.4, -0.2) is 39.4 Å². The Morgan fingerprint density at radius 1 is 1.40 bits per heavy atom. The summed E-state index contributed by atoms with van der Waals surface area (Å²) in [6.45, 7) is 2.10. The van der Waals surface area contributed by atoms with Crippen molar-refractivity contribution < 1.29 is 18.9 Å². The minimum Gasteiger partial charge on any atom is -0.478 e. The van der Waals surface area contributed by atoms with Gasteiger partial charge in [0.2, 0.25) is 0 Å². The molecular formula is C12H15BrN2O4S. The Balaban J connectivity index is 2.59. The number of carboxylic acids is 1. The average Bonchev–Trinajstić information content (AvgIpc) is 2.40. The number of carbonyl (C=O) groups is 2. The topological polar surface area (TPSA) is 95.5 Å². The molecule has 0 heterocycles. The molecule has 1 unspecified atom stereocenters. The molecule has 1 aromatic carbocycles. The van der Waals surface area contributed by atoms with Crippen molar-refractivity contribution >= 4 is 44.4 Å². The number of aromatic carboxylic acids is 1. The summed E-state index contributed by atoms with van der Waals surface area (Å²) in [7, 11) is -0.934. The molecule has 0 fully saturated rings. The van der Waals surface area contributed by atoms with Crippen molar-refractivity contribution in [3.8, 4) is 0 Å². The third-order valence-corrected chi connectivity index (χ3v) is 4.39. The van der Waals surface area contributed by atoms with Gasteiger partial charge in [-0.3, -0.25) is 4.21 Å². The smallest absolute Gasteiger partial charge is 0.335 e. The number of hydrogen-bond acceptors (Lipinski definition) is 3. The number of hydrogen-bond donors (Lipinski definition) is 3. The summed E-state index contributed by atoms with van der Waals surface area (Å²) < 4.78 is 11.8. The molecule has 0 aromatic heterocycles. The maximum absolute atomic E-state index is 11.6. The number of anilines is 1. The highest BCUT2D eigenvalue weighted by molar-refractivity contribution is 9.10. The Kier molecular flexibility index (Phi) is 6.66. The van der Waals surface area contributed by atoms with Gasteiger partial charge >= 0.3 is 12.0 Å². The molecule has 0 aliphatic carbocycles. The van der Waals surface area contributed by atoms with Crippen molar-refractivity contribution in [3.05, 3.63) is 28.2 Å². The Morgan fingerprint density at radius 3 is 2.70 bits per heavy atom. The minimum absolute atomic E-state index is 0.0792. The molecule has 0 spiro atoms. The Morgan fingerprint density at radius 2 is 2.10 bits per heavy atom. The second-order valence-electron chi connectivity index (χ2n) is 3.81. The van der Waals surface area contributed by atoms with E-state index in [0.29, 0.717) is 28.2 Å². The molecule has 0 radical (unpaired) electrons. The summed E-state index contributed by atoms with van der Waals surface area (Å²) >= 11 is 3.23. The zero-order valence-electron chi connectivity index (χ0n) is 10.8. The molecule has 20 heavy (non-hydrogen) atoms. The lowest BCUT2D eigenvalue weighted by atomic mass is 10.2. The number of benzene rings is 1. The number of amides is 2. The highest BCUT2D eigenvalue weighted by Gasteiger charge is 2.09. The molecule has 0 saturated carbocycles. The number of carbonyl (C=O) groups excluding carboxylic acids is 1. The Hall–Kier alpha value is -1.41. The standard InChI is InChI=1S/C12H15BrN2O4S/c1-2-20(19)6-5-14-12(18)15-10-7-8(11(16)17)3-4-9(10)13/h3-4,7H,2,5-6H2,1H3,(H,16,17)(H2,14,15,18). The van der Waals surface area contributed by atoms with Gasteiger partial charge in [-0.05, 0) is 34.1 Å². The fraction of sp³-hybridized carbons (Fsp3) is 0.333. The van der Waals surface area contributed by atoms with Gasteiger partial charge in [-0.1, -0.05) is 6.92 Å². The van der Waals surface area contributed by atoms with E-state index in [2.05, 4.69) is 26.6 Å². The average molecular weight is 363 g/mol. The summed E-state index contributed by atoms with van der Waals surface area (Å²) in [5.74, 6) is -0.130. The minimum atomic E-state index is -1.07. The number of nitrogens with one attached hydrogen (secondary N) is 2. The van der Waals surface area contributed by atoms with Crippen LogP contribution in [0.3, 0.4) is 0 Å². The molecule has 0 saturated heterocycles. The van der Waals surface area contributed by atoms with Gasteiger partial charge in [-0.15, -0.1) is 0 Å². The fourth-order valence-corrected chi connectivity index (χ4v) is 2.31. The number of rotatable bonds is 6. The van der Waals surface area contributed by atoms with Crippen LogP contribution in [-0.2, 0) is 10.8 Å². The lowest BCUT2D eigenvalue weighted by molar-refractivity contribution is 0.0697. The lowest BCUT2D eigenvalue weighted by Gasteiger charge is -2.09. The lowest BCUT2D eigenvalue weighted by Crippen LogP contribution is -2.32. The van der Waals surface area contributed by atoms with Crippen LogP contribution in [0.5, 0.6) is 0 Å². The van der Waals surface area contributed by atoms with Crippen LogP contribution in [0, 0.1) is 0 Å². The zero-order valence-corrected chi connectivity index (χ0v) is 13.2.